The van der Waals surface area contributed by atoms with E-state index in [1.807, 2.05) is 22.7 Å². The van der Waals surface area contributed by atoms with E-state index in [0.29, 0.717) is 5.82 Å². The quantitative estimate of drug-likeness (QED) is 0.159. The number of nitrogens with zero attached hydrogens (tertiary/aromatic N) is 2. The van der Waals surface area contributed by atoms with Crippen LogP contribution in [0.2, 0.25) is 0 Å². The Hall–Kier alpha value is -8.02. The van der Waals surface area contributed by atoms with Gasteiger partial charge < -0.3 is 0 Å². The lowest BCUT2D eigenvalue weighted by Crippen LogP contribution is -2.01. The second kappa shape index (κ2) is 15.9. The van der Waals surface area contributed by atoms with E-state index in [4.69, 9.17) is 9.97 Å². The van der Waals surface area contributed by atoms with Gasteiger partial charge in [-0.2, -0.15) is 0 Å². The van der Waals surface area contributed by atoms with Gasteiger partial charge in [-0.3, -0.25) is 0 Å². The Morgan fingerprint density at radius 1 is 0.273 bits per heavy atom. The van der Waals surface area contributed by atoms with Crippen molar-refractivity contribution in [3.8, 4) is 78.4 Å². The van der Waals surface area contributed by atoms with Crippen LogP contribution < -0.4 is 0 Å². The Labute approximate surface area is 390 Å². The highest BCUT2D eigenvalue weighted by Gasteiger charge is 2.24. The van der Waals surface area contributed by atoms with Crippen LogP contribution in [0, 0.1) is 0 Å². The smallest absolute Gasteiger partial charge is 0.161 e. The van der Waals surface area contributed by atoms with Crippen LogP contribution in [0.4, 0.5) is 0 Å². The van der Waals surface area contributed by atoms with Crippen LogP contribution in [0.5, 0.6) is 0 Å². The number of thiophene rings is 2. The van der Waals surface area contributed by atoms with Gasteiger partial charge in [-0.05, 0) is 85.6 Å². The van der Waals surface area contributed by atoms with E-state index >= 15 is 0 Å². The summed E-state index contributed by atoms with van der Waals surface area (Å²) in [6.07, 6.45) is 0. The van der Waals surface area contributed by atoms with Gasteiger partial charge in [0.15, 0.2) is 5.82 Å². The second-order valence-corrected chi connectivity index (χ2v) is 18.9. The first-order chi connectivity index (χ1) is 32.7. The molecule has 0 aliphatic heterocycles. The molecular weight excluding hydrogens is 837 g/mol. The Kier molecular flexibility index (Phi) is 9.26. The van der Waals surface area contributed by atoms with Crippen molar-refractivity contribution in [2.45, 2.75) is 0 Å². The van der Waals surface area contributed by atoms with Crippen molar-refractivity contribution in [3.63, 3.8) is 0 Å². The molecule has 0 fully saturated rings. The lowest BCUT2D eigenvalue weighted by Gasteiger charge is -2.20. The SMILES string of the molecule is c1ccc(-c2ccc(-c3cc(-c4ccccc4)cc(-c4cccc5ccccc45)c3-c3nc(-c4cccc5c4sc4ccccc45)cc(-c4cccc5c4sc4ccccc45)n3)cc2)cc1. The predicted molar refractivity (Wildman–Crippen MR) is 283 cm³/mol. The van der Waals surface area contributed by atoms with Gasteiger partial charge in [-0.25, -0.2) is 9.97 Å². The Balaban J connectivity index is 1.16. The zero-order valence-electron chi connectivity index (χ0n) is 35.7. The van der Waals surface area contributed by atoms with Crippen molar-refractivity contribution in [3.05, 3.63) is 231 Å². The van der Waals surface area contributed by atoms with Gasteiger partial charge in [-0.1, -0.05) is 200 Å². The summed E-state index contributed by atoms with van der Waals surface area (Å²) in [6, 6.07) is 83.4. The van der Waals surface area contributed by atoms with Gasteiger partial charge in [0.2, 0.25) is 0 Å². The molecule has 4 heteroatoms. The van der Waals surface area contributed by atoms with Gasteiger partial charge in [-0.15, -0.1) is 22.7 Å². The van der Waals surface area contributed by atoms with E-state index in [2.05, 4.69) is 231 Å². The van der Waals surface area contributed by atoms with Crippen molar-refractivity contribution < 1.29 is 0 Å². The maximum atomic E-state index is 5.76. The number of fused-ring (bicyclic) bond motifs is 7. The zero-order valence-corrected chi connectivity index (χ0v) is 37.3. The van der Waals surface area contributed by atoms with Gasteiger partial charge in [0.1, 0.15) is 0 Å². The molecule has 0 spiro atoms. The Bertz CT molecular complexity index is 3840. The molecule has 308 valence electrons. The minimum absolute atomic E-state index is 0.684. The molecule has 0 atom stereocenters. The maximum absolute atomic E-state index is 5.76. The Morgan fingerprint density at radius 3 is 1.33 bits per heavy atom. The third kappa shape index (κ3) is 6.53. The molecule has 2 nitrogen and oxygen atoms in total. The first kappa shape index (κ1) is 38.4. The highest BCUT2D eigenvalue weighted by molar-refractivity contribution is 7.26. The van der Waals surface area contributed by atoms with Gasteiger partial charge in [0.05, 0.1) is 11.4 Å². The van der Waals surface area contributed by atoms with Gasteiger partial charge >= 0.3 is 0 Å². The van der Waals surface area contributed by atoms with E-state index < -0.39 is 0 Å². The molecule has 0 bridgehead atoms. The van der Waals surface area contributed by atoms with E-state index in [-0.39, 0.29) is 0 Å². The molecule has 13 rings (SSSR count). The summed E-state index contributed by atoms with van der Waals surface area (Å²) in [6.45, 7) is 0. The van der Waals surface area contributed by atoms with E-state index in [0.717, 1.165) is 61.5 Å². The average molecular weight is 875 g/mol. The summed E-state index contributed by atoms with van der Waals surface area (Å²) in [7, 11) is 0. The summed E-state index contributed by atoms with van der Waals surface area (Å²) in [5, 5.41) is 7.37. The fourth-order valence-corrected chi connectivity index (χ4v) is 12.2. The van der Waals surface area contributed by atoms with E-state index in [9.17, 15) is 0 Å². The van der Waals surface area contributed by atoms with E-state index in [1.54, 1.807) is 0 Å². The van der Waals surface area contributed by atoms with Crippen LogP contribution in [-0.4, -0.2) is 9.97 Å². The molecule has 10 aromatic carbocycles. The van der Waals surface area contributed by atoms with Crippen molar-refractivity contribution >= 4 is 73.8 Å². The normalized spacial score (nSPS) is 11.6. The topological polar surface area (TPSA) is 25.8 Å². The molecule has 0 aliphatic rings. The number of rotatable bonds is 7. The summed E-state index contributed by atoms with van der Waals surface area (Å²) in [5.41, 5.74) is 14.0. The molecule has 3 heterocycles. The molecule has 13 aromatic rings. The largest absolute Gasteiger partial charge is 0.228 e. The van der Waals surface area contributed by atoms with Crippen molar-refractivity contribution in [2.24, 2.45) is 0 Å². The number of hydrogen-bond donors (Lipinski definition) is 0. The first-order valence-corrected chi connectivity index (χ1v) is 23.9. The minimum Gasteiger partial charge on any atom is -0.228 e. The molecule has 0 unspecified atom stereocenters. The summed E-state index contributed by atoms with van der Waals surface area (Å²) >= 11 is 3.67. The molecule has 3 aromatic heterocycles. The predicted octanol–water partition coefficient (Wildman–Crippen LogP) is 18.0. The molecule has 0 N–H and O–H groups in total. The van der Waals surface area contributed by atoms with E-state index in [1.165, 1.54) is 62.2 Å². The lowest BCUT2D eigenvalue weighted by atomic mass is 9.85. The summed E-state index contributed by atoms with van der Waals surface area (Å²) < 4.78 is 4.97. The molecular formula is C62H38N2S2. The van der Waals surface area contributed by atoms with Crippen LogP contribution >= 0.6 is 22.7 Å². The maximum Gasteiger partial charge on any atom is 0.161 e. The van der Waals surface area contributed by atoms with Crippen molar-refractivity contribution in [1.82, 2.24) is 9.97 Å². The fraction of sp³-hybridized carbons (Fsp3) is 0. The monoisotopic (exact) mass is 874 g/mol. The summed E-state index contributed by atoms with van der Waals surface area (Å²) in [5.74, 6) is 0.684. The standard InChI is InChI=1S/C62H38N2S2/c1-3-16-39(17-4-1)41-32-34-43(35-33-41)53-36-44(40-18-5-2-6-19-40)37-54(46-25-13-21-42-20-7-8-22-45(42)46)59(53)62-63-55(51-28-14-26-49-47-23-9-11-30-57(47)65-60(49)51)38-56(64-62)52-29-15-27-50-48-24-10-12-31-58(48)66-61(50)52/h1-38H. The molecule has 0 amide bonds. The van der Waals surface area contributed by atoms with Crippen LogP contribution in [0.25, 0.3) is 130 Å². The second-order valence-electron chi connectivity index (χ2n) is 16.8. The molecule has 0 aliphatic carbocycles. The molecule has 66 heavy (non-hydrogen) atoms. The van der Waals surface area contributed by atoms with Crippen LogP contribution in [-0.2, 0) is 0 Å². The van der Waals surface area contributed by atoms with Crippen molar-refractivity contribution in [1.29, 1.82) is 0 Å². The van der Waals surface area contributed by atoms with Crippen LogP contribution in [0.15, 0.2) is 231 Å². The first-order valence-electron chi connectivity index (χ1n) is 22.3. The van der Waals surface area contributed by atoms with Crippen LogP contribution in [0.1, 0.15) is 0 Å². The molecule has 0 radical (unpaired) electrons. The third-order valence-electron chi connectivity index (χ3n) is 12.9. The minimum atomic E-state index is 0.684. The highest BCUT2D eigenvalue weighted by Crippen LogP contribution is 2.48. The van der Waals surface area contributed by atoms with Crippen LogP contribution in [0.3, 0.4) is 0 Å². The highest BCUT2D eigenvalue weighted by atomic mass is 32.1. The van der Waals surface area contributed by atoms with Gasteiger partial charge in [0, 0.05) is 57.0 Å². The number of hydrogen-bond acceptors (Lipinski definition) is 4. The number of aromatic nitrogens is 2. The zero-order chi connectivity index (χ0) is 43.6. The average Bonchev–Trinajstić information content (AvgIpc) is 3.97. The van der Waals surface area contributed by atoms with Gasteiger partial charge in [0.25, 0.3) is 0 Å². The summed E-state index contributed by atoms with van der Waals surface area (Å²) in [4.78, 5) is 11.5. The molecule has 0 saturated carbocycles. The molecule has 0 saturated heterocycles. The van der Waals surface area contributed by atoms with Crippen molar-refractivity contribution in [2.75, 3.05) is 0 Å². The fourth-order valence-electron chi connectivity index (χ4n) is 9.79. The number of benzene rings is 10. The third-order valence-corrected chi connectivity index (χ3v) is 15.4. The lowest BCUT2D eigenvalue weighted by molar-refractivity contribution is 1.19. The Morgan fingerprint density at radius 2 is 0.712 bits per heavy atom.